The average molecular weight is 262 g/mol. The maximum atomic E-state index is 12.3. The van der Waals surface area contributed by atoms with Gasteiger partial charge in [-0.2, -0.15) is 0 Å². The third kappa shape index (κ3) is 2.41. The number of anilines is 1. The van der Waals surface area contributed by atoms with Gasteiger partial charge in [-0.05, 0) is 37.1 Å². The van der Waals surface area contributed by atoms with Crippen LogP contribution in [0.25, 0.3) is 0 Å². The van der Waals surface area contributed by atoms with E-state index in [9.17, 15) is 14.7 Å². The van der Waals surface area contributed by atoms with Crippen molar-refractivity contribution in [1.82, 2.24) is 4.90 Å². The molecule has 1 atom stereocenters. The topological polar surface area (TPSA) is 83.6 Å². The fraction of sp³-hybridized carbons (Fsp3) is 0.429. The molecule has 1 heterocycles. The molecular formula is C14H18N2O3. The fourth-order valence-electron chi connectivity index (χ4n) is 2.47. The summed E-state index contributed by atoms with van der Waals surface area (Å²) in [5.41, 5.74) is 5.94. The molecule has 1 unspecified atom stereocenters. The molecule has 0 radical (unpaired) electrons. The lowest BCUT2D eigenvalue weighted by Gasteiger charge is -2.23. The van der Waals surface area contributed by atoms with E-state index in [2.05, 4.69) is 0 Å². The Morgan fingerprint density at radius 2 is 2.00 bits per heavy atom. The molecule has 0 aromatic heterocycles. The van der Waals surface area contributed by atoms with Gasteiger partial charge in [0, 0.05) is 24.3 Å². The highest BCUT2D eigenvalue weighted by Crippen LogP contribution is 2.34. The zero-order valence-corrected chi connectivity index (χ0v) is 10.9. The van der Waals surface area contributed by atoms with Gasteiger partial charge in [-0.3, -0.25) is 9.59 Å². The van der Waals surface area contributed by atoms with Crippen LogP contribution < -0.4 is 5.73 Å². The van der Waals surface area contributed by atoms with Crippen LogP contribution in [0.1, 0.15) is 30.1 Å². The van der Waals surface area contributed by atoms with Crippen molar-refractivity contribution in [3.63, 3.8) is 0 Å². The van der Waals surface area contributed by atoms with E-state index in [1.165, 1.54) is 0 Å². The Morgan fingerprint density at radius 3 is 2.47 bits per heavy atom. The number of carboxylic acid groups (broad SMARTS) is 1. The molecule has 3 N–H and O–H groups in total. The molecule has 0 aliphatic carbocycles. The van der Waals surface area contributed by atoms with Crippen molar-refractivity contribution in [2.24, 2.45) is 5.41 Å². The number of hydrogen-bond donors (Lipinski definition) is 2. The molecule has 0 saturated carbocycles. The van der Waals surface area contributed by atoms with E-state index in [4.69, 9.17) is 5.73 Å². The number of nitrogens with two attached hydrogens (primary N) is 1. The van der Waals surface area contributed by atoms with Crippen molar-refractivity contribution in [2.75, 3.05) is 18.8 Å². The van der Waals surface area contributed by atoms with Crippen LogP contribution in [0, 0.1) is 5.41 Å². The number of nitrogen functional groups attached to an aromatic ring is 1. The number of likely N-dealkylation sites (tertiary alicyclic amines) is 1. The highest BCUT2D eigenvalue weighted by atomic mass is 16.4. The van der Waals surface area contributed by atoms with Crippen molar-refractivity contribution in [3.8, 4) is 0 Å². The fourth-order valence-corrected chi connectivity index (χ4v) is 2.47. The lowest BCUT2D eigenvalue weighted by molar-refractivity contribution is -0.148. The van der Waals surface area contributed by atoms with Crippen molar-refractivity contribution in [3.05, 3.63) is 29.8 Å². The largest absolute Gasteiger partial charge is 0.481 e. The summed E-state index contributed by atoms with van der Waals surface area (Å²) < 4.78 is 0. The summed E-state index contributed by atoms with van der Waals surface area (Å²) in [7, 11) is 0. The number of nitrogens with zero attached hydrogens (tertiary/aromatic N) is 1. The third-order valence-electron chi connectivity index (χ3n) is 3.93. The number of amides is 1. The van der Waals surface area contributed by atoms with Gasteiger partial charge in [-0.25, -0.2) is 0 Å². The molecule has 5 heteroatoms. The highest BCUT2D eigenvalue weighted by Gasteiger charge is 2.44. The molecule has 1 aromatic carbocycles. The summed E-state index contributed by atoms with van der Waals surface area (Å²) in [6.45, 7) is 2.62. The molecule has 0 spiro atoms. The molecule has 0 bridgehead atoms. The van der Waals surface area contributed by atoms with Gasteiger partial charge in [0.25, 0.3) is 5.91 Å². The minimum Gasteiger partial charge on any atom is -0.481 e. The summed E-state index contributed by atoms with van der Waals surface area (Å²) in [5.74, 6) is -0.945. The maximum Gasteiger partial charge on any atom is 0.311 e. The molecular weight excluding hydrogens is 244 g/mol. The molecule has 1 amide bonds. The lowest BCUT2D eigenvalue weighted by Crippen LogP contribution is -2.36. The van der Waals surface area contributed by atoms with E-state index >= 15 is 0 Å². The van der Waals surface area contributed by atoms with E-state index < -0.39 is 11.4 Å². The van der Waals surface area contributed by atoms with Crippen LogP contribution in [0.5, 0.6) is 0 Å². The molecule has 102 valence electrons. The van der Waals surface area contributed by atoms with Crippen LogP contribution in [0.2, 0.25) is 0 Å². The second-order valence-electron chi connectivity index (χ2n) is 5.04. The minimum absolute atomic E-state index is 0.128. The van der Waals surface area contributed by atoms with Gasteiger partial charge >= 0.3 is 5.97 Å². The smallest absolute Gasteiger partial charge is 0.311 e. The molecule has 2 rings (SSSR count). The number of benzene rings is 1. The summed E-state index contributed by atoms with van der Waals surface area (Å²) in [4.78, 5) is 25.2. The van der Waals surface area contributed by atoms with Crippen LogP contribution in [-0.2, 0) is 4.79 Å². The maximum absolute atomic E-state index is 12.3. The third-order valence-corrected chi connectivity index (χ3v) is 3.93. The first kappa shape index (κ1) is 13.4. The molecule has 19 heavy (non-hydrogen) atoms. The summed E-state index contributed by atoms with van der Waals surface area (Å²) in [6, 6.07) is 6.69. The molecule has 1 aromatic rings. The zero-order chi connectivity index (χ0) is 14.0. The second kappa shape index (κ2) is 4.91. The van der Waals surface area contributed by atoms with Crippen LogP contribution in [0.15, 0.2) is 24.3 Å². The van der Waals surface area contributed by atoms with Crippen molar-refractivity contribution >= 4 is 17.6 Å². The number of rotatable bonds is 3. The van der Waals surface area contributed by atoms with Crippen LogP contribution >= 0.6 is 0 Å². The first-order valence-corrected chi connectivity index (χ1v) is 6.37. The Labute approximate surface area is 112 Å². The van der Waals surface area contributed by atoms with E-state index in [0.717, 1.165) is 0 Å². The molecule has 5 nitrogen and oxygen atoms in total. The highest BCUT2D eigenvalue weighted by molar-refractivity contribution is 5.95. The van der Waals surface area contributed by atoms with Gasteiger partial charge in [0.2, 0.25) is 0 Å². The Morgan fingerprint density at radius 1 is 1.37 bits per heavy atom. The van der Waals surface area contributed by atoms with Crippen LogP contribution in [0.4, 0.5) is 5.69 Å². The summed E-state index contributed by atoms with van der Waals surface area (Å²) in [5, 5.41) is 9.32. The summed E-state index contributed by atoms with van der Waals surface area (Å²) >= 11 is 0. The van der Waals surface area contributed by atoms with Crippen molar-refractivity contribution in [2.45, 2.75) is 19.8 Å². The lowest BCUT2D eigenvalue weighted by atomic mass is 9.84. The van der Waals surface area contributed by atoms with Gasteiger partial charge in [0.05, 0.1) is 5.41 Å². The predicted molar refractivity (Wildman–Crippen MR) is 71.7 cm³/mol. The van der Waals surface area contributed by atoms with Crippen molar-refractivity contribution in [1.29, 1.82) is 0 Å². The van der Waals surface area contributed by atoms with Gasteiger partial charge < -0.3 is 15.7 Å². The van der Waals surface area contributed by atoms with E-state index in [0.29, 0.717) is 30.6 Å². The van der Waals surface area contributed by atoms with E-state index in [1.807, 2.05) is 6.92 Å². The van der Waals surface area contributed by atoms with Gasteiger partial charge in [0.15, 0.2) is 0 Å². The number of carboxylic acids is 1. The zero-order valence-electron chi connectivity index (χ0n) is 10.9. The first-order chi connectivity index (χ1) is 8.98. The first-order valence-electron chi connectivity index (χ1n) is 6.37. The van der Waals surface area contributed by atoms with Gasteiger partial charge in [-0.1, -0.05) is 6.92 Å². The SMILES string of the molecule is CCC1(C(=O)O)CCN(C(=O)c2ccc(N)cc2)C1. The Bertz CT molecular complexity index is 498. The summed E-state index contributed by atoms with van der Waals surface area (Å²) in [6.07, 6.45) is 1.05. The van der Waals surface area contributed by atoms with E-state index in [1.54, 1.807) is 29.2 Å². The van der Waals surface area contributed by atoms with E-state index in [-0.39, 0.29) is 12.5 Å². The standard InChI is InChI=1S/C14H18N2O3/c1-2-14(13(18)19)7-8-16(9-14)12(17)10-3-5-11(15)6-4-10/h3-6H,2,7-9,15H2,1H3,(H,18,19). The normalized spacial score (nSPS) is 22.5. The number of carbonyl (C=O) groups is 2. The minimum atomic E-state index is -0.817. The van der Waals surface area contributed by atoms with Crippen LogP contribution in [-0.4, -0.2) is 35.0 Å². The Kier molecular flexibility index (Phi) is 3.46. The van der Waals surface area contributed by atoms with Gasteiger partial charge in [0.1, 0.15) is 0 Å². The molecule has 1 aliphatic rings. The molecule has 1 fully saturated rings. The van der Waals surface area contributed by atoms with Gasteiger partial charge in [-0.15, -0.1) is 0 Å². The number of aliphatic carboxylic acids is 1. The second-order valence-corrected chi connectivity index (χ2v) is 5.04. The average Bonchev–Trinajstić information content (AvgIpc) is 2.84. The Hall–Kier alpha value is -2.04. The predicted octanol–water partition coefficient (Wildman–Crippen LogP) is 1.60. The molecule has 1 aliphatic heterocycles. The Balaban J connectivity index is 2.14. The van der Waals surface area contributed by atoms with Crippen LogP contribution in [0.3, 0.4) is 0 Å². The quantitative estimate of drug-likeness (QED) is 0.810. The monoisotopic (exact) mass is 262 g/mol. The van der Waals surface area contributed by atoms with Crippen molar-refractivity contribution < 1.29 is 14.7 Å². The molecule has 1 saturated heterocycles. The number of hydrogen-bond acceptors (Lipinski definition) is 3. The number of carbonyl (C=O) groups excluding carboxylic acids is 1.